The number of rotatable bonds is 6. The Morgan fingerprint density at radius 1 is 1.00 bits per heavy atom. The lowest BCUT2D eigenvalue weighted by Gasteiger charge is -2.39. The van der Waals surface area contributed by atoms with Crippen molar-refractivity contribution < 1.29 is 9.53 Å². The fraction of sp³-hybridized carbons (Fsp3) is 0.464. The molecule has 0 saturated carbocycles. The minimum absolute atomic E-state index is 0.255. The van der Waals surface area contributed by atoms with Crippen molar-refractivity contribution in [3.05, 3.63) is 70.3 Å². The summed E-state index contributed by atoms with van der Waals surface area (Å²) >= 11 is 6.15. The number of carbonyl (C=O) groups is 1. The Kier molecular flexibility index (Phi) is 7.45. The van der Waals surface area contributed by atoms with Crippen LogP contribution in [0.2, 0.25) is 5.02 Å². The van der Waals surface area contributed by atoms with Crippen LogP contribution in [0.15, 0.2) is 54.1 Å². The number of benzene rings is 2. The molecule has 0 radical (unpaired) electrons. The summed E-state index contributed by atoms with van der Waals surface area (Å²) in [6, 6.07) is 16.2. The van der Waals surface area contributed by atoms with E-state index in [2.05, 4.69) is 35.8 Å². The Labute approximate surface area is 203 Å². The highest BCUT2D eigenvalue weighted by molar-refractivity contribution is 6.30. The zero-order valence-corrected chi connectivity index (χ0v) is 20.8. The lowest BCUT2D eigenvalue weighted by atomic mass is 9.72. The van der Waals surface area contributed by atoms with Crippen molar-refractivity contribution in [1.29, 1.82) is 0 Å². The van der Waals surface area contributed by atoms with Gasteiger partial charge in [-0.05, 0) is 79.1 Å². The molecule has 1 heterocycles. The van der Waals surface area contributed by atoms with Crippen LogP contribution in [0.1, 0.15) is 56.0 Å². The Balaban J connectivity index is 1.41. The van der Waals surface area contributed by atoms with Gasteiger partial charge in [0.25, 0.3) is 0 Å². The van der Waals surface area contributed by atoms with Gasteiger partial charge in [-0.3, -0.25) is 4.90 Å². The van der Waals surface area contributed by atoms with Crippen molar-refractivity contribution in [2.45, 2.75) is 40.0 Å². The van der Waals surface area contributed by atoms with Gasteiger partial charge in [0, 0.05) is 43.4 Å². The summed E-state index contributed by atoms with van der Waals surface area (Å²) in [7, 11) is 0. The summed E-state index contributed by atoms with van der Waals surface area (Å²) in [6.45, 7) is 12.1. The highest BCUT2D eigenvalue weighted by atomic mass is 35.5. The molecule has 0 bridgehead atoms. The molecule has 2 aromatic carbocycles. The molecule has 4 nitrogen and oxygen atoms in total. The molecule has 0 atom stereocenters. The van der Waals surface area contributed by atoms with Gasteiger partial charge >= 0.3 is 5.97 Å². The van der Waals surface area contributed by atoms with Gasteiger partial charge in [0.2, 0.25) is 0 Å². The van der Waals surface area contributed by atoms with E-state index < -0.39 is 0 Å². The molecular formula is C28H35ClN2O2. The molecule has 2 aliphatic rings. The summed E-state index contributed by atoms with van der Waals surface area (Å²) in [5, 5.41) is 0.794. The van der Waals surface area contributed by atoms with Crippen LogP contribution in [0, 0.1) is 5.41 Å². The van der Waals surface area contributed by atoms with Crippen LogP contribution in [-0.4, -0.2) is 50.2 Å². The number of carbonyl (C=O) groups excluding carboxylic acids is 1. The van der Waals surface area contributed by atoms with Gasteiger partial charge < -0.3 is 9.64 Å². The number of esters is 1. The number of ether oxygens (including phenoxy) is 1. The summed E-state index contributed by atoms with van der Waals surface area (Å²) in [5.41, 5.74) is 6.54. The molecule has 176 valence electrons. The van der Waals surface area contributed by atoms with Crippen molar-refractivity contribution in [1.82, 2.24) is 4.90 Å². The molecule has 33 heavy (non-hydrogen) atoms. The molecule has 2 aromatic rings. The number of piperazine rings is 1. The van der Waals surface area contributed by atoms with Crippen LogP contribution < -0.4 is 4.90 Å². The van der Waals surface area contributed by atoms with E-state index >= 15 is 0 Å². The third kappa shape index (κ3) is 5.99. The maximum absolute atomic E-state index is 11.9. The standard InChI is InChI=1S/C28H35ClN2O2/c1-4-33-27(32)22-7-11-25(12-8-22)31-17-15-30(16-18-31)20-23-13-14-28(2,3)19-26(23)21-5-9-24(29)10-6-21/h5-12H,4,13-20H2,1-3H3. The predicted molar refractivity (Wildman–Crippen MR) is 137 cm³/mol. The number of allylic oxidation sites excluding steroid dienone is 1. The maximum Gasteiger partial charge on any atom is 0.338 e. The molecule has 1 aliphatic carbocycles. The van der Waals surface area contributed by atoms with E-state index in [-0.39, 0.29) is 5.97 Å². The topological polar surface area (TPSA) is 32.8 Å². The highest BCUT2D eigenvalue weighted by Gasteiger charge is 2.29. The average Bonchev–Trinajstić information content (AvgIpc) is 2.81. The third-order valence-corrected chi connectivity index (χ3v) is 7.16. The quantitative estimate of drug-likeness (QED) is 0.467. The highest BCUT2D eigenvalue weighted by Crippen LogP contribution is 2.43. The fourth-order valence-corrected chi connectivity index (χ4v) is 5.05. The van der Waals surface area contributed by atoms with Crippen molar-refractivity contribution >= 4 is 28.8 Å². The van der Waals surface area contributed by atoms with Gasteiger partial charge in [-0.1, -0.05) is 43.2 Å². The molecule has 1 fully saturated rings. The van der Waals surface area contributed by atoms with Gasteiger partial charge in [-0.25, -0.2) is 4.79 Å². The number of hydrogen-bond acceptors (Lipinski definition) is 4. The monoisotopic (exact) mass is 466 g/mol. The van der Waals surface area contributed by atoms with Gasteiger partial charge in [0.15, 0.2) is 0 Å². The van der Waals surface area contributed by atoms with Gasteiger partial charge in [0.05, 0.1) is 12.2 Å². The molecule has 1 aliphatic heterocycles. The second-order valence-corrected chi connectivity index (χ2v) is 10.4. The predicted octanol–water partition coefficient (Wildman–Crippen LogP) is 6.30. The van der Waals surface area contributed by atoms with Crippen molar-refractivity contribution in [2.75, 3.05) is 44.2 Å². The molecule has 4 rings (SSSR count). The summed E-state index contributed by atoms with van der Waals surface area (Å²) in [6.07, 6.45) is 3.53. The first kappa shape index (κ1) is 23.8. The minimum atomic E-state index is -0.255. The minimum Gasteiger partial charge on any atom is -0.462 e. The number of anilines is 1. The zero-order chi connectivity index (χ0) is 23.4. The Bertz CT molecular complexity index is 988. The molecular weight excluding hydrogens is 432 g/mol. The van der Waals surface area contributed by atoms with E-state index in [4.69, 9.17) is 16.3 Å². The lowest BCUT2D eigenvalue weighted by Crippen LogP contribution is -2.47. The van der Waals surface area contributed by atoms with Crippen LogP contribution >= 0.6 is 11.6 Å². The molecule has 0 unspecified atom stereocenters. The second-order valence-electron chi connectivity index (χ2n) is 9.96. The van der Waals surface area contributed by atoms with E-state index in [9.17, 15) is 4.79 Å². The molecule has 1 saturated heterocycles. The molecule has 0 amide bonds. The van der Waals surface area contributed by atoms with Crippen molar-refractivity contribution in [3.8, 4) is 0 Å². The normalized spacial score (nSPS) is 19.0. The summed E-state index contributed by atoms with van der Waals surface area (Å²) in [5.74, 6) is -0.255. The van der Waals surface area contributed by atoms with E-state index in [0.717, 1.165) is 44.2 Å². The van der Waals surface area contributed by atoms with E-state index in [0.29, 0.717) is 17.6 Å². The van der Waals surface area contributed by atoms with Crippen LogP contribution in [0.3, 0.4) is 0 Å². The van der Waals surface area contributed by atoms with Gasteiger partial charge in [-0.15, -0.1) is 0 Å². The van der Waals surface area contributed by atoms with Crippen LogP contribution in [0.5, 0.6) is 0 Å². The number of hydrogen-bond donors (Lipinski definition) is 0. The Morgan fingerprint density at radius 3 is 2.30 bits per heavy atom. The first-order valence-corrected chi connectivity index (χ1v) is 12.4. The van der Waals surface area contributed by atoms with Crippen molar-refractivity contribution in [3.63, 3.8) is 0 Å². The number of nitrogens with zero attached hydrogens (tertiary/aromatic N) is 2. The molecule has 0 aromatic heterocycles. The molecule has 0 spiro atoms. The fourth-order valence-electron chi connectivity index (χ4n) is 4.92. The van der Waals surface area contributed by atoms with Gasteiger partial charge in [0.1, 0.15) is 0 Å². The Hall–Kier alpha value is -2.30. The average molecular weight is 467 g/mol. The smallest absolute Gasteiger partial charge is 0.338 e. The van der Waals surface area contributed by atoms with E-state index in [1.54, 1.807) is 5.57 Å². The van der Waals surface area contributed by atoms with E-state index in [1.165, 1.54) is 29.7 Å². The third-order valence-electron chi connectivity index (χ3n) is 6.91. The molecule has 5 heteroatoms. The number of halogens is 1. The first-order chi connectivity index (χ1) is 15.8. The van der Waals surface area contributed by atoms with Crippen LogP contribution in [-0.2, 0) is 4.74 Å². The summed E-state index contributed by atoms with van der Waals surface area (Å²) in [4.78, 5) is 16.9. The Morgan fingerprint density at radius 2 is 1.67 bits per heavy atom. The lowest BCUT2D eigenvalue weighted by molar-refractivity contribution is 0.0526. The zero-order valence-electron chi connectivity index (χ0n) is 20.1. The first-order valence-electron chi connectivity index (χ1n) is 12.1. The van der Waals surface area contributed by atoms with Crippen LogP contribution in [0.4, 0.5) is 5.69 Å². The van der Waals surface area contributed by atoms with Crippen LogP contribution in [0.25, 0.3) is 5.57 Å². The maximum atomic E-state index is 11.9. The van der Waals surface area contributed by atoms with Crippen molar-refractivity contribution in [2.24, 2.45) is 5.41 Å². The molecule has 0 N–H and O–H groups in total. The van der Waals surface area contributed by atoms with E-state index in [1.807, 2.05) is 43.3 Å². The summed E-state index contributed by atoms with van der Waals surface area (Å²) < 4.78 is 5.09. The van der Waals surface area contributed by atoms with Gasteiger partial charge in [-0.2, -0.15) is 0 Å². The largest absolute Gasteiger partial charge is 0.462 e. The second kappa shape index (κ2) is 10.3. The SMILES string of the molecule is CCOC(=O)c1ccc(N2CCN(CC3=C(c4ccc(Cl)cc4)CC(C)(C)CC3)CC2)cc1.